The molecule has 1 aromatic rings. The largest absolute Gasteiger partial charge is 0.417 e. The van der Waals surface area contributed by atoms with Gasteiger partial charge < -0.3 is 0 Å². The second-order valence-electron chi connectivity index (χ2n) is 2.68. The number of carbonyl (C=O) groups is 1. The van der Waals surface area contributed by atoms with Crippen LogP contribution in [0.5, 0.6) is 0 Å². The van der Waals surface area contributed by atoms with Gasteiger partial charge in [-0.2, -0.15) is 13.2 Å². The fourth-order valence-electron chi connectivity index (χ4n) is 0.982. The summed E-state index contributed by atoms with van der Waals surface area (Å²) >= 11 is 10.3. The van der Waals surface area contributed by atoms with Crippen LogP contribution in [0.3, 0.4) is 0 Å². The highest BCUT2D eigenvalue weighted by molar-refractivity contribution is 9.13. The normalized spacial score (nSPS) is 11.7. The van der Waals surface area contributed by atoms with Crippen molar-refractivity contribution in [2.45, 2.75) is 6.18 Å². The molecule has 0 aliphatic carbocycles. The number of hydrogen-bond acceptors (Lipinski definition) is 1. The molecule has 16 heavy (non-hydrogen) atoms. The van der Waals surface area contributed by atoms with E-state index < -0.39 is 32.8 Å². The average molecular weight is 384 g/mol. The molecule has 0 aliphatic rings. The van der Waals surface area contributed by atoms with Crippen molar-refractivity contribution in [3.05, 3.63) is 32.0 Å². The highest BCUT2D eigenvalue weighted by Crippen LogP contribution is 2.41. The molecule has 0 N–H and O–H groups in total. The highest BCUT2D eigenvalue weighted by atomic mass is 79.9. The summed E-state index contributed by atoms with van der Waals surface area (Å²) in [7, 11) is 0. The fraction of sp³-hybridized carbons (Fsp3) is 0.125. The Hall–Kier alpha value is -0.140. The Kier molecular flexibility index (Phi) is 4.02. The van der Waals surface area contributed by atoms with Crippen molar-refractivity contribution >= 4 is 48.7 Å². The first-order valence-electron chi connectivity index (χ1n) is 3.60. The smallest absolute Gasteiger partial charge is 0.275 e. The zero-order chi connectivity index (χ0) is 12.7. The first-order valence-corrected chi connectivity index (χ1v) is 5.57. The van der Waals surface area contributed by atoms with E-state index in [-0.39, 0.29) is 10.5 Å². The number of hydrogen-bond donors (Lipinski definition) is 0. The Balaban J connectivity index is 3.58. The van der Waals surface area contributed by atoms with E-state index in [2.05, 4.69) is 31.9 Å². The lowest BCUT2D eigenvalue weighted by Crippen LogP contribution is -2.09. The Morgan fingerprint density at radius 2 is 1.75 bits per heavy atom. The van der Waals surface area contributed by atoms with Crippen molar-refractivity contribution < 1.29 is 22.4 Å². The Morgan fingerprint density at radius 1 is 1.25 bits per heavy atom. The van der Waals surface area contributed by atoms with Crippen molar-refractivity contribution in [1.82, 2.24) is 0 Å². The molecule has 0 saturated heterocycles. The Labute approximate surface area is 109 Å². The van der Waals surface area contributed by atoms with Gasteiger partial charge in [-0.25, -0.2) is 4.39 Å². The third-order valence-corrected chi connectivity index (χ3v) is 4.00. The van der Waals surface area contributed by atoms with E-state index in [0.29, 0.717) is 0 Å². The second-order valence-corrected chi connectivity index (χ2v) is 4.61. The van der Waals surface area contributed by atoms with Gasteiger partial charge in [-0.05, 0) is 49.5 Å². The Morgan fingerprint density at radius 3 is 2.12 bits per heavy atom. The molecule has 0 aromatic heterocycles. The van der Waals surface area contributed by atoms with Crippen molar-refractivity contribution in [2.75, 3.05) is 0 Å². The van der Waals surface area contributed by atoms with E-state index in [1.165, 1.54) is 0 Å². The lowest BCUT2D eigenvalue weighted by molar-refractivity contribution is -0.138. The van der Waals surface area contributed by atoms with Crippen LogP contribution in [0.15, 0.2) is 15.0 Å². The van der Waals surface area contributed by atoms with Gasteiger partial charge in [0.1, 0.15) is 5.82 Å². The summed E-state index contributed by atoms with van der Waals surface area (Å²) in [5.74, 6) is -1.33. The maximum atomic E-state index is 13.2. The van der Waals surface area contributed by atoms with Crippen LogP contribution in [-0.2, 0) is 6.18 Å². The average Bonchev–Trinajstić information content (AvgIpc) is 2.09. The van der Waals surface area contributed by atoms with Crippen LogP contribution in [0.25, 0.3) is 0 Å². The maximum absolute atomic E-state index is 13.2. The lowest BCUT2D eigenvalue weighted by Gasteiger charge is -2.12. The van der Waals surface area contributed by atoms with Gasteiger partial charge in [0.05, 0.1) is 11.1 Å². The van der Waals surface area contributed by atoms with Gasteiger partial charge in [0.25, 0.3) is 5.24 Å². The van der Waals surface area contributed by atoms with E-state index in [0.717, 1.165) is 0 Å². The molecule has 0 amide bonds. The fourth-order valence-corrected chi connectivity index (χ4v) is 2.40. The number of benzene rings is 1. The molecule has 0 fully saturated rings. The van der Waals surface area contributed by atoms with Crippen LogP contribution in [0.1, 0.15) is 15.9 Å². The quantitative estimate of drug-likeness (QED) is 0.388. The summed E-state index contributed by atoms with van der Waals surface area (Å²) in [4.78, 5) is 10.8. The van der Waals surface area contributed by atoms with E-state index in [1.807, 2.05) is 0 Å². The number of halogens is 7. The molecule has 88 valence electrons. The predicted octanol–water partition coefficient (Wildman–Crippen LogP) is 4.75. The van der Waals surface area contributed by atoms with E-state index in [9.17, 15) is 22.4 Å². The van der Waals surface area contributed by atoms with Gasteiger partial charge in [-0.1, -0.05) is 0 Å². The van der Waals surface area contributed by atoms with Gasteiger partial charge in [0.15, 0.2) is 0 Å². The summed E-state index contributed by atoms with van der Waals surface area (Å²) in [6.45, 7) is 0. The number of rotatable bonds is 1. The second kappa shape index (κ2) is 4.62. The van der Waals surface area contributed by atoms with Crippen molar-refractivity contribution in [2.24, 2.45) is 0 Å². The van der Waals surface area contributed by atoms with Gasteiger partial charge in [0.2, 0.25) is 0 Å². The van der Waals surface area contributed by atoms with E-state index >= 15 is 0 Å². The minimum absolute atomic E-state index is 0.213. The monoisotopic (exact) mass is 382 g/mol. The van der Waals surface area contributed by atoms with Gasteiger partial charge in [0, 0.05) is 8.95 Å². The van der Waals surface area contributed by atoms with Crippen molar-refractivity contribution in [1.29, 1.82) is 0 Å². The molecule has 1 nitrogen and oxygen atoms in total. The summed E-state index contributed by atoms with van der Waals surface area (Å²) in [5.41, 5.74) is -1.86. The summed E-state index contributed by atoms with van der Waals surface area (Å²) in [5, 5.41) is -1.18. The molecule has 0 bridgehead atoms. The predicted molar refractivity (Wildman–Crippen MR) is 57.0 cm³/mol. The maximum Gasteiger partial charge on any atom is 0.417 e. The molecule has 1 aromatic carbocycles. The van der Waals surface area contributed by atoms with Gasteiger partial charge in [-0.3, -0.25) is 4.79 Å². The van der Waals surface area contributed by atoms with E-state index in [4.69, 9.17) is 11.6 Å². The summed E-state index contributed by atoms with van der Waals surface area (Å²) in [6.07, 6.45) is -4.73. The molecule has 0 spiro atoms. The van der Waals surface area contributed by atoms with Crippen LogP contribution in [0, 0.1) is 5.82 Å². The molecule has 8 heteroatoms. The topological polar surface area (TPSA) is 17.1 Å². The van der Waals surface area contributed by atoms with Crippen molar-refractivity contribution in [3.8, 4) is 0 Å². The van der Waals surface area contributed by atoms with Crippen LogP contribution in [0.4, 0.5) is 17.6 Å². The minimum Gasteiger partial charge on any atom is -0.275 e. The van der Waals surface area contributed by atoms with Gasteiger partial charge >= 0.3 is 6.18 Å². The lowest BCUT2D eigenvalue weighted by atomic mass is 10.1. The highest BCUT2D eigenvalue weighted by Gasteiger charge is 2.36. The first-order chi connectivity index (χ1) is 7.16. The molecule has 0 heterocycles. The van der Waals surface area contributed by atoms with E-state index in [1.54, 1.807) is 0 Å². The molecular formula is C8HBr2ClF4O. The van der Waals surface area contributed by atoms with Crippen LogP contribution in [0.2, 0.25) is 0 Å². The Bertz CT molecular complexity index is 458. The molecule has 1 rings (SSSR count). The van der Waals surface area contributed by atoms with Crippen LogP contribution in [-0.4, -0.2) is 5.24 Å². The zero-order valence-corrected chi connectivity index (χ0v) is 11.1. The van der Waals surface area contributed by atoms with Gasteiger partial charge in [-0.15, -0.1) is 0 Å². The molecule has 0 aliphatic heterocycles. The summed E-state index contributed by atoms with van der Waals surface area (Å²) < 4.78 is 49.6. The number of alkyl halides is 3. The minimum atomic E-state index is -4.73. The molecule has 0 unspecified atom stereocenters. The number of carbonyl (C=O) groups excluding carboxylic acids is 1. The van der Waals surface area contributed by atoms with Crippen LogP contribution < -0.4 is 0 Å². The molecule has 0 radical (unpaired) electrons. The molecular weight excluding hydrogens is 383 g/mol. The first kappa shape index (κ1) is 13.9. The SMILES string of the molecule is O=C(Cl)c1c(F)cc(C(F)(F)F)c(Br)c1Br. The molecule has 0 saturated carbocycles. The molecule has 0 atom stereocenters. The zero-order valence-electron chi connectivity index (χ0n) is 7.13. The summed E-state index contributed by atoms with van der Waals surface area (Å²) in [6, 6.07) is 0.213. The van der Waals surface area contributed by atoms with Crippen LogP contribution >= 0.6 is 43.5 Å². The third kappa shape index (κ3) is 2.57. The standard InChI is InChI=1S/C8HBr2ClF4O/c9-5-2(8(13,14)15)1-3(12)4(6(5)10)7(11)16/h1H. The third-order valence-electron chi connectivity index (χ3n) is 1.66. The van der Waals surface area contributed by atoms with Crippen molar-refractivity contribution in [3.63, 3.8) is 0 Å².